The maximum atomic E-state index is 14.7. The van der Waals surface area contributed by atoms with E-state index < -0.39 is 29.8 Å². The predicted molar refractivity (Wildman–Crippen MR) is 195 cm³/mol. The summed E-state index contributed by atoms with van der Waals surface area (Å²) >= 11 is 5.87. The van der Waals surface area contributed by atoms with Crippen molar-refractivity contribution < 1.29 is 23.1 Å². The molecular weight excluding hydrogens is 670 g/mol. The molecule has 4 aromatic carbocycles. The topological polar surface area (TPSA) is 87.4 Å². The van der Waals surface area contributed by atoms with Crippen molar-refractivity contribution in [3.05, 3.63) is 135 Å². The minimum Gasteiger partial charge on any atom is -0.489 e. The van der Waals surface area contributed by atoms with E-state index in [9.17, 15) is 18.4 Å². The first-order valence-electron chi connectivity index (χ1n) is 17.3. The Morgan fingerprint density at radius 1 is 0.941 bits per heavy atom. The SMILES string of the molecule is CC(=N)c1cn(CC(=O)N2CC(F)CC2C(=O)NCc2cccc(Cl)c2F)c2cc(OCc3cc4ccc3CCc3ccc(cc3)CC4)ccc12. The lowest BCUT2D eigenvalue weighted by atomic mass is 9.93. The Bertz CT molecular complexity index is 2130. The van der Waals surface area contributed by atoms with Crippen molar-refractivity contribution in [2.24, 2.45) is 0 Å². The highest BCUT2D eigenvalue weighted by molar-refractivity contribution is 6.30. The van der Waals surface area contributed by atoms with Crippen molar-refractivity contribution in [1.82, 2.24) is 14.8 Å². The van der Waals surface area contributed by atoms with Crippen LogP contribution in [0.25, 0.3) is 10.9 Å². The van der Waals surface area contributed by atoms with Gasteiger partial charge in [-0.1, -0.05) is 66.2 Å². The van der Waals surface area contributed by atoms with Gasteiger partial charge < -0.3 is 24.9 Å². The number of fused-ring (bicyclic) bond motifs is 1. The molecule has 0 spiro atoms. The van der Waals surface area contributed by atoms with Gasteiger partial charge in [0.25, 0.3) is 0 Å². The van der Waals surface area contributed by atoms with Gasteiger partial charge in [-0.3, -0.25) is 9.59 Å². The van der Waals surface area contributed by atoms with Gasteiger partial charge in [0.15, 0.2) is 0 Å². The molecule has 7 nitrogen and oxygen atoms in total. The molecule has 1 fully saturated rings. The van der Waals surface area contributed by atoms with Crippen LogP contribution in [0.3, 0.4) is 0 Å². The number of rotatable bonds is 9. The van der Waals surface area contributed by atoms with Crippen molar-refractivity contribution >= 4 is 40.0 Å². The summed E-state index contributed by atoms with van der Waals surface area (Å²) in [5, 5.41) is 11.7. The number of halogens is 3. The van der Waals surface area contributed by atoms with Gasteiger partial charge in [0, 0.05) is 47.5 Å². The van der Waals surface area contributed by atoms with Crippen LogP contribution < -0.4 is 10.1 Å². The van der Waals surface area contributed by atoms with E-state index in [4.69, 9.17) is 21.7 Å². The first kappa shape index (κ1) is 34.4. The summed E-state index contributed by atoms with van der Waals surface area (Å²) < 4.78 is 37.2. The third kappa shape index (κ3) is 7.54. The lowest BCUT2D eigenvalue weighted by Crippen LogP contribution is -2.46. The van der Waals surface area contributed by atoms with Crippen LogP contribution in [0.5, 0.6) is 5.75 Å². The highest BCUT2D eigenvalue weighted by Crippen LogP contribution is 2.29. The Hall–Kier alpha value is -5.02. The molecule has 2 atom stereocenters. The lowest BCUT2D eigenvalue weighted by molar-refractivity contribution is -0.139. The molecule has 4 aliphatic carbocycles. The molecule has 5 aliphatic rings. The summed E-state index contributed by atoms with van der Waals surface area (Å²) in [6.07, 6.45) is 3.97. The minimum absolute atomic E-state index is 0.0635. The van der Waals surface area contributed by atoms with Crippen molar-refractivity contribution in [2.45, 2.75) is 70.9 Å². The second-order valence-electron chi connectivity index (χ2n) is 13.5. The second kappa shape index (κ2) is 14.7. The summed E-state index contributed by atoms with van der Waals surface area (Å²) in [4.78, 5) is 28.2. The van der Waals surface area contributed by atoms with Gasteiger partial charge in [-0.2, -0.15) is 0 Å². The van der Waals surface area contributed by atoms with Gasteiger partial charge in [-0.25, -0.2) is 8.78 Å². The Kier molecular flexibility index (Phi) is 9.91. The summed E-state index contributed by atoms with van der Waals surface area (Å²) in [5.41, 5.74) is 8.16. The predicted octanol–water partition coefficient (Wildman–Crippen LogP) is 7.54. The van der Waals surface area contributed by atoms with Gasteiger partial charge in [-0.15, -0.1) is 0 Å². The molecule has 10 rings (SSSR count). The van der Waals surface area contributed by atoms with Crippen LogP contribution in [0.2, 0.25) is 5.02 Å². The summed E-state index contributed by atoms with van der Waals surface area (Å²) in [6.45, 7) is 1.53. The Labute approximate surface area is 300 Å². The third-order valence-corrected chi connectivity index (χ3v) is 10.3. The normalized spacial score (nSPS) is 17.0. The average molecular weight is 709 g/mol. The monoisotopic (exact) mass is 708 g/mol. The van der Waals surface area contributed by atoms with Crippen LogP contribution in [-0.2, 0) is 55.0 Å². The zero-order valence-electron chi connectivity index (χ0n) is 28.4. The number of amides is 2. The quantitative estimate of drug-likeness (QED) is 0.155. The van der Waals surface area contributed by atoms with Gasteiger partial charge in [0.2, 0.25) is 11.8 Å². The van der Waals surface area contributed by atoms with Crippen molar-refractivity contribution in [1.29, 1.82) is 5.41 Å². The number of carbonyl (C=O) groups excluding carboxylic acids is 2. The molecular formula is C41H39ClF2N4O3. The van der Waals surface area contributed by atoms with Gasteiger partial charge in [0.1, 0.15) is 36.9 Å². The van der Waals surface area contributed by atoms with E-state index in [0.29, 0.717) is 29.1 Å². The second-order valence-corrected chi connectivity index (χ2v) is 13.9. The zero-order valence-corrected chi connectivity index (χ0v) is 29.1. The van der Waals surface area contributed by atoms with E-state index in [2.05, 4.69) is 47.8 Å². The largest absolute Gasteiger partial charge is 0.489 e. The van der Waals surface area contributed by atoms with E-state index in [1.54, 1.807) is 23.8 Å². The molecule has 1 saturated heterocycles. The lowest BCUT2D eigenvalue weighted by Gasteiger charge is -2.24. The van der Waals surface area contributed by atoms with Crippen LogP contribution in [0.4, 0.5) is 8.78 Å². The molecule has 2 heterocycles. The highest BCUT2D eigenvalue weighted by atomic mass is 35.5. The molecule has 2 N–H and O–H groups in total. The number of nitrogens with zero attached hydrogens (tertiary/aromatic N) is 2. The molecule has 5 aromatic rings. The van der Waals surface area contributed by atoms with E-state index in [-0.39, 0.29) is 36.6 Å². The number of hydrogen-bond donors (Lipinski definition) is 2. The molecule has 4 bridgehead atoms. The van der Waals surface area contributed by atoms with Crippen molar-refractivity contribution in [2.75, 3.05) is 6.54 Å². The number of aryl methyl sites for hydroxylation is 4. The maximum Gasteiger partial charge on any atom is 0.243 e. The summed E-state index contributed by atoms with van der Waals surface area (Å²) in [7, 11) is 0. The van der Waals surface area contributed by atoms with E-state index in [0.717, 1.165) is 36.6 Å². The molecule has 1 aliphatic heterocycles. The smallest absolute Gasteiger partial charge is 0.243 e. The van der Waals surface area contributed by atoms with Crippen molar-refractivity contribution in [3.8, 4) is 5.75 Å². The number of ether oxygens (including phenoxy) is 1. The fraction of sp³-hybridized carbons (Fsp3) is 0.293. The standard InChI is InChI=1S/C41H39ClF2N4O3/c1-25(45)35-22-47(23-39(49)48-21-32(43)18-38(48)41(50)46-20-30-3-2-4-36(42)40(30)44)37-19-33(15-16-34(35)37)51-24-31-17-28-10-9-26-5-7-27(8-6-26)11-13-29(31)14-12-28/h2-8,12,14-17,19,22,32,38,45H,9-11,13,18,20-21,23-24H2,1H3,(H,46,50). The van der Waals surface area contributed by atoms with E-state index >= 15 is 0 Å². The van der Waals surface area contributed by atoms with Crippen LogP contribution in [-0.4, -0.2) is 45.8 Å². The van der Waals surface area contributed by atoms with Gasteiger partial charge in [0.05, 0.1) is 17.1 Å². The number of aromatic nitrogens is 1. The number of carbonyl (C=O) groups is 2. The third-order valence-electron chi connectivity index (χ3n) is 9.99. The molecule has 2 amide bonds. The first-order chi connectivity index (χ1) is 24.6. The Morgan fingerprint density at radius 3 is 2.43 bits per heavy atom. The minimum atomic E-state index is -1.37. The molecule has 2 unspecified atom stereocenters. The molecule has 0 radical (unpaired) electrons. The number of likely N-dealkylation sites (tertiary alicyclic amines) is 1. The van der Waals surface area contributed by atoms with Crippen LogP contribution >= 0.6 is 11.6 Å². The first-order valence-corrected chi connectivity index (χ1v) is 17.6. The zero-order chi connectivity index (χ0) is 35.6. The Balaban J connectivity index is 1.08. The summed E-state index contributed by atoms with van der Waals surface area (Å²) in [6, 6.07) is 24.6. The number of alkyl halides is 1. The average Bonchev–Trinajstić information content (AvgIpc) is 3.69. The molecule has 0 saturated carbocycles. The van der Waals surface area contributed by atoms with Gasteiger partial charge >= 0.3 is 0 Å². The number of hydrogen-bond acceptors (Lipinski definition) is 4. The molecule has 1 aromatic heterocycles. The van der Waals surface area contributed by atoms with Crippen LogP contribution in [0.1, 0.15) is 52.3 Å². The fourth-order valence-electron chi connectivity index (χ4n) is 7.14. The maximum absolute atomic E-state index is 14.7. The van der Waals surface area contributed by atoms with Gasteiger partial charge in [-0.05, 0) is 78.6 Å². The highest BCUT2D eigenvalue weighted by Gasteiger charge is 2.39. The molecule has 10 heteroatoms. The molecule has 262 valence electrons. The fourth-order valence-corrected chi connectivity index (χ4v) is 7.33. The van der Waals surface area contributed by atoms with Crippen LogP contribution in [0, 0.1) is 11.2 Å². The molecule has 51 heavy (non-hydrogen) atoms. The van der Waals surface area contributed by atoms with Crippen LogP contribution in [0.15, 0.2) is 85.1 Å². The summed E-state index contributed by atoms with van der Waals surface area (Å²) in [5.74, 6) is -1.02. The van der Waals surface area contributed by atoms with E-state index in [1.807, 2.05) is 18.2 Å². The Morgan fingerprint density at radius 2 is 1.67 bits per heavy atom. The van der Waals surface area contributed by atoms with E-state index in [1.165, 1.54) is 39.3 Å². The number of benzene rings is 4. The number of nitrogens with one attached hydrogen (secondary N) is 2. The van der Waals surface area contributed by atoms with Crippen molar-refractivity contribution in [3.63, 3.8) is 0 Å².